The van der Waals surface area contributed by atoms with Crippen molar-refractivity contribution < 1.29 is 14.2 Å². The quantitative estimate of drug-likeness (QED) is 0.301. The highest BCUT2D eigenvalue weighted by Crippen LogP contribution is 2.44. The molecule has 1 fully saturated rings. The largest absolute Gasteiger partial charge is 0.490 e. The molecular weight excluding hydrogens is 484 g/mol. The minimum absolute atomic E-state index is 0.115. The number of thiocarbonyl (C=S) groups is 1. The fourth-order valence-electron chi connectivity index (χ4n) is 4.59. The van der Waals surface area contributed by atoms with E-state index in [0.29, 0.717) is 35.7 Å². The van der Waals surface area contributed by atoms with Crippen LogP contribution in [0.1, 0.15) is 34.7 Å². The molecule has 0 radical (unpaired) electrons. The molecule has 3 aromatic rings. The van der Waals surface area contributed by atoms with E-state index in [1.807, 2.05) is 42.6 Å². The summed E-state index contributed by atoms with van der Waals surface area (Å²) in [6.07, 6.45) is 1.81. The number of anilines is 1. The second-order valence-electron chi connectivity index (χ2n) is 8.42. The summed E-state index contributed by atoms with van der Waals surface area (Å²) in [5.41, 5.74) is 5.34. The molecule has 7 nitrogen and oxygen atoms in total. The van der Waals surface area contributed by atoms with Gasteiger partial charge in [0.2, 0.25) is 0 Å². The molecule has 0 bridgehead atoms. The van der Waals surface area contributed by atoms with Crippen LogP contribution in [-0.4, -0.2) is 48.7 Å². The number of aromatic nitrogens is 2. The van der Waals surface area contributed by atoms with Gasteiger partial charge in [0.05, 0.1) is 36.0 Å². The van der Waals surface area contributed by atoms with Crippen LogP contribution in [0, 0.1) is 13.8 Å². The number of halogens is 1. The van der Waals surface area contributed by atoms with Crippen LogP contribution in [0.4, 0.5) is 5.69 Å². The number of ether oxygens (including phenoxy) is 3. The van der Waals surface area contributed by atoms with Crippen molar-refractivity contribution in [1.29, 1.82) is 0 Å². The van der Waals surface area contributed by atoms with Crippen LogP contribution >= 0.6 is 23.8 Å². The Morgan fingerprint density at radius 1 is 1.06 bits per heavy atom. The molecule has 2 aromatic heterocycles. The number of nitrogens with one attached hydrogen (secondary N) is 1. The molecule has 3 heterocycles. The van der Waals surface area contributed by atoms with Gasteiger partial charge in [0.15, 0.2) is 5.11 Å². The maximum absolute atomic E-state index is 6.61. The average Bonchev–Trinajstić information content (AvgIpc) is 3.34. The van der Waals surface area contributed by atoms with Crippen LogP contribution in [0.3, 0.4) is 0 Å². The monoisotopic (exact) mass is 514 g/mol. The zero-order chi connectivity index (χ0) is 24.9. The van der Waals surface area contributed by atoms with E-state index in [1.54, 1.807) is 14.2 Å². The fraction of sp³-hybridized carbons (Fsp3) is 0.385. The Morgan fingerprint density at radius 3 is 2.54 bits per heavy atom. The summed E-state index contributed by atoms with van der Waals surface area (Å²) in [6, 6.07) is 13.7. The summed E-state index contributed by atoms with van der Waals surface area (Å²) >= 11 is 12.5. The molecule has 0 unspecified atom stereocenters. The van der Waals surface area contributed by atoms with E-state index in [-0.39, 0.29) is 12.1 Å². The van der Waals surface area contributed by atoms with E-state index in [1.165, 1.54) is 17.0 Å². The molecule has 1 N–H and O–H groups in total. The predicted molar refractivity (Wildman–Crippen MR) is 143 cm³/mol. The van der Waals surface area contributed by atoms with E-state index in [0.717, 1.165) is 17.9 Å². The van der Waals surface area contributed by atoms with Crippen LogP contribution < -0.4 is 15.0 Å². The number of pyridine rings is 1. The first-order valence-electron chi connectivity index (χ1n) is 11.5. The number of benzene rings is 1. The number of hydrogen-bond acceptors (Lipinski definition) is 5. The molecule has 1 aliphatic rings. The normalized spacial score (nSPS) is 17.6. The van der Waals surface area contributed by atoms with E-state index < -0.39 is 0 Å². The van der Waals surface area contributed by atoms with Crippen LogP contribution in [0.5, 0.6) is 5.75 Å². The van der Waals surface area contributed by atoms with Gasteiger partial charge in [-0.15, -0.1) is 0 Å². The Labute approximate surface area is 217 Å². The summed E-state index contributed by atoms with van der Waals surface area (Å²) in [5, 5.41) is 4.65. The fourth-order valence-corrected chi connectivity index (χ4v) is 5.17. The number of hydrogen-bond donors (Lipinski definition) is 1. The molecule has 0 saturated carbocycles. The molecule has 186 valence electrons. The molecule has 0 amide bonds. The number of rotatable bonds is 10. The van der Waals surface area contributed by atoms with Crippen molar-refractivity contribution in [3.05, 3.63) is 76.3 Å². The Bertz CT molecular complexity index is 1170. The second-order valence-corrected chi connectivity index (χ2v) is 9.22. The van der Waals surface area contributed by atoms with Gasteiger partial charge in [-0.25, -0.2) is 0 Å². The van der Waals surface area contributed by atoms with Crippen molar-refractivity contribution in [1.82, 2.24) is 14.9 Å². The first kappa shape index (κ1) is 25.4. The van der Waals surface area contributed by atoms with Crippen molar-refractivity contribution in [2.24, 2.45) is 0 Å². The zero-order valence-electron chi connectivity index (χ0n) is 20.5. The summed E-state index contributed by atoms with van der Waals surface area (Å²) < 4.78 is 18.4. The van der Waals surface area contributed by atoms with Gasteiger partial charge in [-0.1, -0.05) is 17.7 Å². The Morgan fingerprint density at radius 2 is 1.86 bits per heavy atom. The number of nitrogens with zero attached hydrogens (tertiary/aromatic N) is 3. The SMILES string of the molecule is COCCOc1ccc(N2C(=S)N[C@H](c3ccccn3)[C@H]2c2cc(C)n(CCOC)c2C)cc1Cl. The van der Waals surface area contributed by atoms with Gasteiger partial charge in [-0.05, 0) is 68.0 Å². The Balaban J connectivity index is 1.76. The Hall–Kier alpha value is -2.65. The van der Waals surface area contributed by atoms with Crippen LogP contribution in [0.15, 0.2) is 48.7 Å². The lowest BCUT2D eigenvalue weighted by Gasteiger charge is -2.28. The molecule has 1 aromatic carbocycles. The van der Waals surface area contributed by atoms with Crippen molar-refractivity contribution in [2.45, 2.75) is 32.5 Å². The Kier molecular flexibility index (Phi) is 8.28. The lowest BCUT2D eigenvalue weighted by molar-refractivity contribution is 0.146. The van der Waals surface area contributed by atoms with Gasteiger partial charge in [0, 0.05) is 44.0 Å². The molecule has 2 atom stereocenters. The minimum Gasteiger partial charge on any atom is -0.490 e. The van der Waals surface area contributed by atoms with Crippen LogP contribution in [0.25, 0.3) is 0 Å². The molecule has 0 aliphatic carbocycles. The summed E-state index contributed by atoms with van der Waals surface area (Å²) in [5.74, 6) is 0.612. The van der Waals surface area contributed by atoms with E-state index >= 15 is 0 Å². The van der Waals surface area contributed by atoms with E-state index in [9.17, 15) is 0 Å². The highest BCUT2D eigenvalue weighted by atomic mass is 35.5. The maximum Gasteiger partial charge on any atom is 0.174 e. The zero-order valence-corrected chi connectivity index (χ0v) is 22.0. The van der Waals surface area contributed by atoms with Crippen LogP contribution in [-0.2, 0) is 16.0 Å². The number of aryl methyl sites for hydroxylation is 1. The van der Waals surface area contributed by atoms with E-state index in [2.05, 4.69) is 39.7 Å². The summed E-state index contributed by atoms with van der Waals surface area (Å²) in [6.45, 7) is 6.61. The first-order chi connectivity index (χ1) is 17.0. The molecule has 1 aliphatic heterocycles. The highest BCUT2D eigenvalue weighted by Gasteiger charge is 2.42. The van der Waals surface area contributed by atoms with Crippen molar-refractivity contribution in [3.8, 4) is 5.75 Å². The van der Waals surface area contributed by atoms with E-state index in [4.69, 9.17) is 38.0 Å². The summed E-state index contributed by atoms with van der Waals surface area (Å²) in [7, 11) is 3.36. The van der Waals surface area contributed by atoms with Gasteiger partial charge >= 0.3 is 0 Å². The van der Waals surface area contributed by atoms with Gasteiger partial charge in [-0.2, -0.15) is 0 Å². The van der Waals surface area contributed by atoms with Crippen molar-refractivity contribution >= 4 is 34.6 Å². The van der Waals surface area contributed by atoms with Gasteiger partial charge in [0.1, 0.15) is 12.4 Å². The topological polar surface area (TPSA) is 60.8 Å². The van der Waals surface area contributed by atoms with Crippen molar-refractivity contribution in [3.63, 3.8) is 0 Å². The third-order valence-corrected chi connectivity index (χ3v) is 6.90. The highest BCUT2D eigenvalue weighted by molar-refractivity contribution is 7.80. The first-order valence-corrected chi connectivity index (χ1v) is 12.3. The lowest BCUT2D eigenvalue weighted by atomic mass is 9.96. The van der Waals surface area contributed by atoms with Crippen LogP contribution in [0.2, 0.25) is 5.02 Å². The molecule has 4 rings (SSSR count). The standard InChI is InChI=1S/C26H31ClN4O3S/c1-17-15-20(18(2)30(17)11-12-32-3)25-24(22-7-5-6-10-28-22)29-26(35)31(25)19-8-9-23(21(27)16-19)34-14-13-33-4/h5-10,15-16,24-25H,11-14H2,1-4H3,(H,29,35)/t24-,25-/m1/s1. The number of methoxy groups -OCH3 is 2. The molecule has 0 spiro atoms. The summed E-state index contributed by atoms with van der Waals surface area (Å²) in [4.78, 5) is 6.77. The molecule has 35 heavy (non-hydrogen) atoms. The van der Waals surface area contributed by atoms with Gasteiger partial charge in [-0.3, -0.25) is 4.98 Å². The predicted octanol–water partition coefficient (Wildman–Crippen LogP) is 5.00. The lowest BCUT2D eigenvalue weighted by Crippen LogP contribution is -2.29. The third kappa shape index (κ3) is 5.30. The maximum atomic E-state index is 6.61. The minimum atomic E-state index is -0.128. The van der Waals surface area contributed by atoms with Gasteiger partial charge < -0.3 is 29.0 Å². The van der Waals surface area contributed by atoms with Crippen molar-refractivity contribution in [2.75, 3.05) is 38.9 Å². The average molecular weight is 515 g/mol. The smallest absolute Gasteiger partial charge is 0.174 e. The molecular formula is C26H31ClN4O3S. The third-order valence-electron chi connectivity index (χ3n) is 6.29. The molecule has 1 saturated heterocycles. The molecule has 9 heteroatoms. The van der Waals surface area contributed by atoms with Gasteiger partial charge in [0.25, 0.3) is 0 Å². The second kappa shape index (κ2) is 11.4.